The molecule has 0 radical (unpaired) electrons. The number of hydrogen-bond acceptors (Lipinski definition) is 0. The van der Waals surface area contributed by atoms with Gasteiger partial charge in [-0.2, -0.15) is 0 Å². The average Bonchev–Trinajstić information content (AvgIpc) is 1.56. The molecule has 0 N–H and O–H groups in total. The maximum Gasteiger partial charge on any atom is 0.0788 e. The monoisotopic (exact) mass is 1220 g/mol. The van der Waals surface area contributed by atoms with Gasteiger partial charge in [0.25, 0.3) is 0 Å². The molecule has 0 unspecified atom stereocenters. The van der Waals surface area contributed by atoms with Crippen LogP contribution in [0.3, 0.4) is 0 Å². The van der Waals surface area contributed by atoms with Crippen molar-refractivity contribution < 1.29 is 0 Å². The minimum Gasteiger partial charge on any atom is -0.307 e. The predicted molar refractivity (Wildman–Crippen MR) is 404 cm³/mol. The fourth-order valence-corrected chi connectivity index (χ4v) is 16.0. The Bertz CT molecular complexity index is 6240. The normalized spacial score (nSPS) is 12.0. The van der Waals surface area contributed by atoms with Gasteiger partial charge in [-0.25, -0.2) is 0 Å². The Labute approximate surface area is 552 Å². The zero-order valence-electron chi connectivity index (χ0n) is 52.2. The smallest absolute Gasteiger partial charge is 0.0788 e. The molecule has 6 aromatic heterocycles. The van der Waals surface area contributed by atoms with Crippen molar-refractivity contribution in [1.82, 2.24) is 27.4 Å². The van der Waals surface area contributed by atoms with E-state index >= 15 is 0 Å². The highest BCUT2D eigenvalue weighted by molar-refractivity contribution is 6.27. The van der Waals surface area contributed by atoms with Gasteiger partial charge in [-0.3, -0.25) is 0 Å². The van der Waals surface area contributed by atoms with Gasteiger partial charge < -0.3 is 27.4 Å². The van der Waals surface area contributed by atoms with Gasteiger partial charge in [-0.05, 0) is 120 Å². The summed E-state index contributed by atoms with van der Waals surface area (Å²) >= 11 is 0. The minimum absolute atomic E-state index is 1.13. The van der Waals surface area contributed by atoms with E-state index in [1.807, 2.05) is 0 Å². The van der Waals surface area contributed by atoms with Crippen LogP contribution in [0.2, 0.25) is 0 Å². The van der Waals surface area contributed by atoms with Crippen LogP contribution in [0.4, 0.5) is 0 Å². The van der Waals surface area contributed by atoms with Crippen LogP contribution in [-0.2, 0) is 0 Å². The lowest BCUT2D eigenvalue weighted by Gasteiger charge is -2.14. The Hall–Kier alpha value is -12.9. The predicted octanol–water partition coefficient (Wildman–Crippen LogP) is 23.6. The lowest BCUT2D eigenvalue weighted by Crippen LogP contribution is -1.99. The number of hydrogen-bond donors (Lipinski definition) is 0. The largest absolute Gasteiger partial charge is 0.307 e. The van der Waals surface area contributed by atoms with E-state index in [1.165, 1.54) is 153 Å². The van der Waals surface area contributed by atoms with Crippen LogP contribution in [0.5, 0.6) is 0 Å². The molecular weight excluding hydrogens is 1170 g/mol. The Kier molecular flexibility index (Phi) is 11.9. The van der Waals surface area contributed by atoms with Crippen LogP contribution >= 0.6 is 0 Å². The Morgan fingerprint density at radius 2 is 0.271 bits per heavy atom. The number of benzene rings is 15. The van der Waals surface area contributed by atoms with Crippen molar-refractivity contribution in [3.05, 3.63) is 352 Å². The van der Waals surface area contributed by atoms with Gasteiger partial charge in [-0.15, -0.1) is 0 Å². The van der Waals surface area contributed by atoms with Crippen molar-refractivity contribution in [1.29, 1.82) is 0 Å². The van der Waals surface area contributed by atoms with Crippen molar-refractivity contribution in [2.24, 2.45) is 0 Å². The van der Waals surface area contributed by atoms with Crippen LogP contribution in [0.1, 0.15) is 0 Å². The maximum absolute atomic E-state index is 2.47. The van der Waals surface area contributed by atoms with Gasteiger partial charge in [0, 0.05) is 98.8 Å². The molecule has 96 heavy (non-hydrogen) atoms. The summed E-state index contributed by atoms with van der Waals surface area (Å²) in [7, 11) is 0. The highest BCUT2D eigenvalue weighted by Crippen LogP contribution is 2.46. The summed E-state index contributed by atoms with van der Waals surface area (Å²) < 4.78 is 14.7. The third-order valence-electron chi connectivity index (χ3n) is 20.0. The van der Waals surface area contributed by atoms with Crippen molar-refractivity contribution >= 4 is 131 Å². The first-order valence-corrected chi connectivity index (χ1v) is 33.0. The number of rotatable bonds is 7. The lowest BCUT2D eigenvalue weighted by atomic mass is 10.0. The highest BCUT2D eigenvalue weighted by atomic mass is 15.1. The Morgan fingerprint density at radius 3 is 0.458 bits per heavy atom. The fourth-order valence-electron chi connectivity index (χ4n) is 16.0. The van der Waals surface area contributed by atoms with Gasteiger partial charge in [0.1, 0.15) is 0 Å². The number of aromatic nitrogens is 6. The molecule has 6 heteroatoms. The molecule has 0 saturated carbocycles. The topological polar surface area (TPSA) is 29.6 Å². The molecule has 0 aliphatic rings. The van der Waals surface area contributed by atoms with E-state index < -0.39 is 0 Å². The lowest BCUT2D eigenvalue weighted by molar-refractivity contribution is 1.15. The molecule has 0 amide bonds. The average molecular weight is 1220 g/mol. The molecule has 448 valence electrons. The second kappa shape index (κ2) is 21.3. The zero-order valence-corrected chi connectivity index (χ0v) is 52.2. The van der Waals surface area contributed by atoms with Gasteiger partial charge in [0.15, 0.2) is 0 Å². The van der Waals surface area contributed by atoms with Crippen LogP contribution in [0.25, 0.3) is 176 Å². The van der Waals surface area contributed by atoms with E-state index in [1.54, 1.807) is 0 Å². The summed E-state index contributed by atoms with van der Waals surface area (Å²) in [6, 6.07) is 128. The summed E-state index contributed by atoms with van der Waals surface area (Å²) in [6.45, 7) is 0. The van der Waals surface area contributed by atoms with Crippen molar-refractivity contribution in [3.63, 3.8) is 0 Å². The van der Waals surface area contributed by atoms with Crippen molar-refractivity contribution in [2.75, 3.05) is 0 Å². The molecule has 21 aromatic rings. The molecule has 0 saturated heterocycles. The fraction of sp³-hybridized carbons (Fsp3) is 0. The number of para-hydroxylation sites is 10. The molecule has 6 nitrogen and oxygen atoms in total. The SMILES string of the molecule is c1ccc(-n2c3ccccc3c3ccc4c5ccccc5n(-c5ccc(-c6ccc(-n7c8ccccc8c8ccc9c%10ccccc%10n(-c%10ccccc%10)c9c87)cc6)cc5)c4c32)cc1.c1ccc(-n2c3ccccc3c3ccc4c5ccccc5n(-c5ccccc5)c4c32)cc1. The first-order chi connectivity index (χ1) is 47.7. The molecule has 21 rings (SSSR count). The van der Waals surface area contributed by atoms with E-state index in [-0.39, 0.29) is 0 Å². The standard InChI is InChI=1S/C60H38N4.C30H20N2/c1-3-15-41(16-4-1)61-53-23-11-7-19-45(53)49-35-37-51-47-21-9-13-25-55(47)63(59(51)57(49)61)43-31-27-39(28-32-43)40-29-33-44(34-30-40)64-56-26-14-10-22-48(56)52-38-36-50-46-20-8-12-24-54(46)62(58(50)60(52)64)42-17-5-2-6-18-42;1-3-11-21(12-4-1)31-27-17-9-7-15-23(27)25-19-20-26-24-16-8-10-18-28(24)32(30(26)29(25)31)22-13-5-2-6-14-22/h1-38H;1-20H. The van der Waals surface area contributed by atoms with Crippen molar-refractivity contribution in [3.8, 4) is 45.3 Å². The minimum atomic E-state index is 1.13. The van der Waals surface area contributed by atoms with Gasteiger partial charge in [0.05, 0.1) is 66.2 Å². The molecule has 0 atom stereocenters. The summed E-state index contributed by atoms with van der Waals surface area (Å²) in [5.74, 6) is 0. The molecular formula is C90H58N6. The van der Waals surface area contributed by atoms with E-state index in [0.717, 1.165) is 22.7 Å². The summed E-state index contributed by atoms with van der Waals surface area (Å²) in [6.07, 6.45) is 0. The summed E-state index contributed by atoms with van der Waals surface area (Å²) in [5.41, 5.74) is 23.9. The molecule has 0 aliphatic heterocycles. The van der Waals surface area contributed by atoms with E-state index in [0.29, 0.717) is 0 Å². The number of nitrogens with zero attached hydrogens (tertiary/aromatic N) is 6. The first kappa shape index (κ1) is 53.7. The van der Waals surface area contributed by atoms with Gasteiger partial charge in [-0.1, -0.05) is 243 Å². The number of fused-ring (bicyclic) bond motifs is 21. The molecule has 0 aliphatic carbocycles. The van der Waals surface area contributed by atoms with Crippen LogP contribution in [-0.4, -0.2) is 27.4 Å². The molecule has 15 aromatic carbocycles. The second-order valence-corrected chi connectivity index (χ2v) is 25.1. The Balaban J connectivity index is 0.000000164. The van der Waals surface area contributed by atoms with Gasteiger partial charge >= 0.3 is 0 Å². The Morgan fingerprint density at radius 1 is 0.115 bits per heavy atom. The third-order valence-corrected chi connectivity index (χ3v) is 20.0. The highest BCUT2D eigenvalue weighted by Gasteiger charge is 2.25. The van der Waals surface area contributed by atoms with E-state index in [9.17, 15) is 0 Å². The summed E-state index contributed by atoms with van der Waals surface area (Å²) in [4.78, 5) is 0. The molecule has 0 fully saturated rings. The molecule has 6 heterocycles. The molecule has 0 bridgehead atoms. The molecule has 0 spiro atoms. The first-order valence-electron chi connectivity index (χ1n) is 33.0. The van der Waals surface area contributed by atoms with Gasteiger partial charge in [0.2, 0.25) is 0 Å². The summed E-state index contributed by atoms with van der Waals surface area (Å²) in [5, 5.41) is 15.1. The zero-order chi connectivity index (χ0) is 63.0. The second-order valence-electron chi connectivity index (χ2n) is 25.1. The van der Waals surface area contributed by atoms with Crippen LogP contribution in [0.15, 0.2) is 352 Å². The quantitative estimate of drug-likeness (QED) is 0.152. The third kappa shape index (κ3) is 7.93. The van der Waals surface area contributed by atoms with E-state index in [4.69, 9.17) is 0 Å². The van der Waals surface area contributed by atoms with Crippen LogP contribution in [0, 0.1) is 0 Å². The van der Waals surface area contributed by atoms with Crippen molar-refractivity contribution in [2.45, 2.75) is 0 Å². The maximum atomic E-state index is 2.47. The van der Waals surface area contributed by atoms with Crippen LogP contribution < -0.4 is 0 Å². The van der Waals surface area contributed by atoms with E-state index in [2.05, 4.69) is 379 Å².